The number of alkyl halides is 1. The minimum absolute atomic E-state index is 0.413. The second-order valence-corrected chi connectivity index (χ2v) is 5.38. The Labute approximate surface area is 95.8 Å². The number of rotatable bonds is 4. The van der Waals surface area contributed by atoms with E-state index in [2.05, 4.69) is 20.8 Å². The Kier molecular flexibility index (Phi) is 5.42. The van der Waals surface area contributed by atoms with Crippen molar-refractivity contribution in [3.63, 3.8) is 0 Å². The lowest BCUT2D eigenvalue weighted by Crippen LogP contribution is -2.29. The van der Waals surface area contributed by atoms with Crippen LogP contribution < -0.4 is 0 Å². The number of hydrogen-bond donors (Lipinski definition) is 1. The van der Waals surface area contributed by atoms with E-state index in [1.807, 2.05) is 6.92 Å². The molecule has 1 aliphatic heterocycles. The fourth-order valence-corrected chi connectivity index (χ4v) is 2.37. The van der Waals surface area contributed by atoms with Crippen molar-refractivity contribution in [2.24, 2.45) is 0 Å². The molecule has 0 saturated carbocycles. The highest BCUT2D eigenvalue weighted by Gasteiger charge is 2.24. The van der Waals surface area contributed by atoms with Crippen LogP contribution in [0.3, 0.4) is 0 Å². The summed E-state index contributed by atoms with van der Waals surface area (Å²) in [7, 11) is 0. The van der Waals surface area contributed by atoms with Gasteiger partial charge in [0, 0.05) is 11.9 Å². The zero-order valence-electron chi connectivity index (χ0n) is 9.14. The van der Waals surface area contributed by atoms with E-state index in [9.17, 15) is 5.11 Å². The normalized spacial score (nSPS) is 30.2. The molecule has 1 aliphatic rings. The van der Waals surface area contributed by atoms with Crippen LogP contribution in [0.15, 0.2) is 0 Å². The Morgan fingerprint density at radius 3 is 2.79 bits per heavy atom. The predicted molar refractivity (Wildman–Crippen MR) is 63.9 cm³/mol. The summed E-state index contributed by atoms with van der Waals surface area (Å²) in [5.41, 5.74) is -0.413. The summed E-state index contributed by atoms with van der Waals surface area (Å²) < 4.78 is 0. The van der Waals surface area contributed by atoms with Gasteiger partial charge >= 0.3 is 0 Å². The zero-order chi connectivity index (χ0) is 10.4. The van der Waals surface area contributed by atoms with Crippen LogP contribution in [0.25, 0.3) is 0 Å². The Hall–Kier alpha value is 0.400. The average molecular weight is 264 g/mol. The second kappa shape index (κ2) is 6.09. The van der Waals surface area contributed by atoms with Gasteiger partial charge in [-0.05, 0) is 52.1 Å². The quantitative estimate of drug-likeness (QED) is 0.622. The maximum Gasteiger partial charge on any atom is 0.0632 e. The molecule has 2 nitrogen and oxygen atoms in total. The van der Waals surface area contributed by atoms with Gasteiger partial charge in [-0.2, -0.15) is 0 Å². The molecule has 0 aliphatic carbocycles. The summed E-state index contributed by atoms with van der Waals surface area (Å²) >= 11 is 3.45. The van der Waals surface area contributed by atoms with Crippen molar-refractivity contribution < 1.29 is 5.11 Å². The van der Waals surface area contributed by atoms with Crippen LogP contribution in [0.5, 0.6) is 0 Å². The van der Waals surface area contributed by atoms with Crippen LogP contribution in [-0.4, -0.2) is 40.6 Å². The molecule has 1 atom stereocenters. The van der Waals surface area contributed by atoms with Crippen molar-refractivity contribution in [3.8, 4) is 0 Å². The van der Waals surface area contributed by atoms with E-state index in [-0.39, 0.29) is 0 Å². The Morgan fingerprint density at radius 1 is 1.29 bits per heavy atom. The molecule has 3 heteroatoms. The lowest BCUT2D eigenvalue weighted by molar-refractivity contribution is 0.0446. The largest absolute Gasteiger partial charge is 0.390 e. The summed E-state index contributed by atoms with van der Waals surface area (Å²) in [6.07, 6.45) is 5.56. The highest BCUT2D eigenvalue weighted by molar-refractivity contribution is 9.09. The smallest absolute Gasteiger partial charge is 0.0632 e. The van der Waals surface area contributed by atoms with Gasteiger partial charge in [-0.25, -0.2) is 0 Å². The average Bonchev–Trinajstić information content (AvgIpc) is 2.28. The van der Waals surface area contributed by atoms with Crippen molar-refractivity contribution in [2.45, 2.75) is 44.6 Å². The summed E-state index contributed by atoms with van der Waals surface area (Å²) in [6.45, 7) is 5.39. The molecule has 1 N–H and O–H groups in total. The number of likely N-dealkylation sites (tertiary alicyclic amines) is 1. The molecule has 14 heavy (non-hydrogen) atoms. The Balaban J connectivity index is 2.21. The van der Waals surface area contributed by atoms with Gasteiger partial charge in [0.1, 0.15) is 0 Å². The molecule has 0 aromatic heterocycles. The van der Waals surface area contributed by atoms with E-state index in [1.54, 1.807) is 0 Å². The molecule has 0 radical (unpaired) electrons. The number of halogens is 1. The lowest BCUT2D eigenvalue weighted by atomic mass is 9.98. The van der Waals surface area contributed by atoms with Gasteiger partial charge in [0.2, 0.25) is 0 Å². The van der Waals surface area contributed by atoms with Gasteiger partial charge in [0.15, 0.2) is 0 Å². The van der Waals surface area contributed by atoms with Gasteiger partial charge in [-0.1, -0.05) is 15.9 Å². The van der Waals surface area contributed by atoms with Crippen LogP contribution >= 0.6 is 15.9 Å². The topological polar surface area (TPSA) is 23.5 Å². The van der Waals surface area contributed by atoms with E-state index in [4.69, 9.17) is 0 Å². The van der Waals surface area contributed by atoms with Crippen molar-refractivity contribution in [2.75, 3.05) is 25.0 Å². The van der Waals surface area contributed by atoms with E-state index in [1.165, 1.54) is 25.9 Å². The van der Waals surface area contributed by atoms with Crippen LogP contribution in [-0.2, 0) is 0 Å². The highest BCUT2D eigenvalue weighted by Crippen LogP contribution is 2.21. The number of unbranched alkanes of at least 4 members (excludes halogenated alkanes) is 1. The van der Waals surface area contributed by atoms with Gasteiger partial charge in [-0.15, -0.1) is 0 Å². The molecule has 1 fully saturated rings. The summed E-state index contributed by atoms with van der Waals surface area (Å²) in [5.74, 6) is 0. The summed E-state index contributed by atoms with van der Waals surface area (Å²) in [5, 5.41) is 11.0. The molecular weight excluding hydrogens is 242 g/mol. The number of hydrogen-bond acceptors (Lipinski definition) is 2. The molecule has 0 aromatic carbocycles. The molecule has 1 rings (SSSR count). The first-order valence-electron chi connectivity index (χ1n) is 5.65. The highest BCUT2D eigenvalue weighted by atomic mass is 79.9. The van der Waals surface area contributed by atoms with Gasteiger partial charge < -0.3 is 10.0 Å². The first-order chi connectivity index (χ1) is 6.64. The molecular formula is C11H22BrNO. The summed E-state index contributed by atoms with van der Waals surface area (Å²) in [4.78, 5) is 2.49. The number of nitrogens with zero attached hydrogens (tertiary/aromatic N) is 1. The van der Waals surface area contributed by atoms with E-state index in [0.717, 1.165) is 31.1 Å². The Morgan fingerprint density at radius 2 is 2.07 bits per heavy atom. The van der Waals surface area contributed by atoms with E-state index >= 15 is 0 Å². The van der Waals surface area contributed by atoms with E-state index < -0.39 is 5.60 Å². The molecule has 0 aromatic rings. The standard InChI is InChI=1S/C11H22BrNO/c1-11(14)5-4-9-13(10-6-11)8-3-2-7-12/h14H,2-10H2,1H3. The lowest BCUT2D eigenvalue weighted by Gasteiger charge is -2.22. The maximum atomic E-state index is 9.91. The maximum absolute atomic E-state index is 9.91. The molecule has 84 valence electrons. The second-order valence-electron chi connectivity index (χ2n) is 4.59. The van der Waals surface area contributed by atoms with Crippen LogP contribution in [0.4, 0.5) is 0 Å². The van der Waals surface area contributed by atoms with E-state index in [0.29, 0.717) is 0 Å². The molecule has 1 heterocycles. The first kappa shape index (κ1) is 12.5. The molecule has 0 spiro atoms. The van der Waals surface area contributed by atoms with Gasteiger partial charge in [-0.3, -0.25) is 0 Å². The predicted octanol–water partition coefficient (Wildman–Crippen LogP) is 2.40. The third-order valence-corrected chi connectivity index (χ3v) is 3.58. The SMILES string of the molecule is CC1(O)CCCN(CCCCBr)CC1. The van der Waals surface area contributed by atoms with Crippen LogP contribution in [0, 0.1) is 0 Å². The fraction of sp³-hybridized carbons (Fsp3) is 1.00. The minimum atomic E-state index is -0.413. The third kappa shape index (κ3) is 4.76. The van der Waals surface area contributed by atoms with Crippen molar-refractivity contribution >= 4 is 15.9 Å². The fourth-order valence-electron chi connectivity index (χ4n) is 1.97. The van der Waals surface area contributed by atoms with Crippen LogP contribution in [0.1, 0.15) is 39.0 Å². The molecule has 1 unspecified atom stereocenters. The van der Waals surface area contributed by atoms with Gasteiger partial charge in [0.05, 0.1) is 5.60 Å². The molecule has 0 amide bonds. The van der Waals surface area contributed by atoms with Crippen molar-refractivity contribution in [3.05, 3.63) is 0 Å². The first-order valence-corrected chi connectivity index (χ1v) is 6.77. The minimum Gasteiger partial charge on any atom is -0.390 e. The van der Waals surface area contributed by atoms with Crippen molar-refractivity contribution in [1.29, 1.82) is 0 Å². The summed E-state index contributed by atoms with van der Waals surface area (Å²) in [6, 6.07) is 0. The Bertz CT molecular complexity index is 161. The zero-order valence-corrected chi connectivity index (χ0v) is 10.7. The molecule has 0 bridgehead atoms. The van der Waals surface area contributed by atoms with Gasteiger partial charge in [0.25, 0.3) is 0 Å². The van der Waals surface area contributed by atoms with Crippen LogP contribution in [0.2, 0.25) is 0 Å². The number of aliphatic hydroxyl groups is 1. The van der Waals surface area contributed by atoms with Crippen molar-refractivity contribution in [1.82, 2.24) is 4.90 Å². The monoisotopic (exact) mass is 263 g/mol. The third-order valence-electron chi connectivity index (χ3n) is 3.01. The molecule has 1 saturated heterocycles.